The van der Waals surface area contributed by atoms with Gasteiger partial charge in [-0.25, -0.2) is 4.79 Å². The van der Waals surface area contributed by atoms with Gasteiger partial charge in [-0.05, 0) is 29.8 Å². The minimum absolute atomic E-state index is 0.121. The molecule has 0 bridgehead atoms. The monoisotopic (exact) mass is 396 g/mol. The Kier molecular flexibility index (Phi) is 6.92. The van der Waals surface area contributed by atoms with Crippen LogP contribution in [-0.2, 0) is 22.3 Å². The van der Waals surface area contributed by atoms with E-state index in [1.54, 1.807) is 12.1 Å². The molecule has 2 aromatic carbocycles. The van der Waals surface area contributed by atoms with Crippen LogP contribution in [0.15, 0.2) is 42.5 Å². The first-order valence-corrected chi connectivity index (χ1v) is 8.10. The molecule has 28 heavy (non-hydrogen) atoms. The topological polar surface area (TPSA) is 54.0 Å². The summed E-state index contributed by atoms with van der Waals surface area (Å²) in [6.07, 6.45) is -1.98. The van der Waals surface area contributed by atoms with E-state index in [0.717, 1.165) is 12.1 Å². The molecule has 0 heterocycles. The Hall–Kier alpha value is -3.16. The normalized spacial score (nSPS) is 11.4. The van der Waals surface area contributed by atoms with Crippen LogP contribution in [0.2, 0.25) is 0 Å². The van der Waals surface area contributed by atoms with E-state index in [1.165, 1.54) is 45.6 Å². The van der Waals surface area contributed by atoms with Crippen molar-refractivity contribution >= 4 is 12.0 Å². The maximum Gasteiger partial charge on any atom is 0.416 e. The molecule has 0 aromatic heterocycles. The van der Waals surface area contributed by atoms with Crippen LogP contribution < -0.4 is 14.2 Å². The number of hydrogen-bond acceptors (Lipinski definition) is 5. The van der Waals surface area contributed by atoms with Crippen molar-refractivity contribution in [2.75, 3.05) is 21.3 Å². The summed E-state index contributed by atoms with van der Waals surface area (Å²) in [5, 5.41) is 0. The van der Waals surface area contributed by atoms with E-state index >= 15 is 0 Å². The number of rotatable bonds is 7. The van der Waals surface area contributed by atoms with Gasteiger partial charge in [0.2, 0.25) is 5.75 Å². The number of halogens is 3. The highest BCUT2D eigenvalue weighted by Crippen LogP contribution is 2.38. The van der Waals surface area contributed by atoms with E-state index in [1.807, 2.05) is 0 Å². The zero-order valence-corrected chi connectivity index (χ0v) is 15.5. The minimum Gasteiger partial charge on any atom is -0.493 e. The number of carbonyl (C=O) groups is 1. The number of alkyl halides is 3. The number of esters is 1. The first-order chi connectivity index (χ1) is 13.3. The quantitative estimate of drug-likeness (QED) is 0.510. The second kappa shape index (κ2) is 9.16. The molecule has 0 radical (unpaired) electrons. The molecule has 0 spiro atoms. The molecule has 0 N–H and O–H groups in total. The predicted molar refractivity (Wildman–Crippen MR) is 96.4 cm³/mol. The molecule has 0 saturated heterocycles. The van der Waals surface area contributed by atoms with Crippen LogP contribution in [0, 0.1) is 0 Å². The molecule has 150 valence electrons. The largest absolute Gasteiger partial charge is 0.493 e. The van der Waals surface area contributed by atoms with Gasteiger partial charge in [-0.15, -0.1) is 0 Å². The highest BCUT2D eigenvalue weighted by Gasteiger charge is 2.33. The molecule has 2 aromatic rings. The van der Waals surface area contributed by atoms with Crippen LogP contribution in [0.5, 0.6) is 17.2 Å². The van der Waals surface area contributed by atoms with E-state index in [2.05, 4.69) is 0 Å². The van der Waals surface area contributed by atoms with Crippen LogP contribution in [0.3, 0.4) is 0 Å². The lowest BCUT2D eigenvalue weighted by atomic mass is 10.1. The summed E-state index contributed by atoms with van der Waals surface area (Å²) in [5.41, 5.74) is -0.400. The number of hydrogen-bond donors (Lipinski definition) is 0. The van der Waals surface area contributed by atoms with Gasteiger partial charge in [0.1, 0.15) is 6.61 Å². The highest BCUT2D eigenvalue weighted by molar-refractivity contribution is 5.87. The molecule has 0 aliphatic rings. The van der Waals surface area contributed by atoms with Crippen molar-refractivity contribution < 1.29 is 36.9 Å². The summed E-state index contributed by atoms with van der Waals surface area (Å²) in [6, 6.07) is 8.16. The molecule has 0 fully saturated rings. The zero-order chi connectivity index (χ0) is 20.7. The third kappa shape index (κ3) is 5.18. The first kappa shape index (κ1) is 21.1. The summed E-state index contributed by atoms with van der Waals surface area (Å²) in [5.74, 6) is 0.405. The Bertz CT molecular complexity index is 834. The van der Waals surface area contributed by atoms with E-state index in [0.29, 0.717) is 22.8 Å². The fourth-order valence-corrected chi connectivity index (χ4v) is 2.48. The lowest BCUT2D eigenvalue weighted by Gasteiger charge is -2.13. The van der Waals surface area contributed by atoms with Gasteiger partial charge in [0.15, 0.2) is 11.5 Å². The Morgan fingerprint density at radius 3 is 2.14 bits per heavy atom. The van der Waals surface area contributed by atoms with Gasteiger partial charge in [-0.3, -0.25) is 0 Å². The van der Waals surface area contributed by atoms with Crippen LogP contribution in [-0.4, -0.2) is 27.3 Å². The lowest BCUT2D eigenvalue weighted by Crippen LogP contribution is -2.11. The third-order valence-electron chi connectivity index (χ3n) is 3.79. The molecule has 5 nitrogen and oxygen atoms in total. The van der Waals surface area contributed by atoms with Gasteiger partial charge in [-0.2, -0.15) is 13.2 Å². The molecule has 0 aliphatic heterocycles. The zero-order valence-electron chi connectivity index (χ0n) is 15.5. The molecular weight excluding hydrogens is 377 g/mol. The van der Waals surface area contributed by atoms with Crippen molar-refractivity contribution in [1.29, 1.82) is 0 Å². The van der Waals surface area contributed by atoms with Crippen molar-refractivity contribution in [1.82, 2.24) is 0 Å². The summed E-state index contributed by atoms with van der Waals surface area (Å²) in [6.45, 7) is -0.492. The van der Waals surface area contributed by atoms with Gasteiger partial charge in [-0.1, -0.05) is 18.2 Å². The molecule has 0 saturated carbocycles. The summed E-state index contributed by atoms with van der Waals surface area (Å²) < 4.78 is 59.4. The van der Waals surface area contributed by atoms with Crippen molar-refractivity contribution in [3.8, 4) is 17.2 Å². The molecule has 0 aliphatic carbocycles. The Morgan fingerprint density at radius 2 is 1.61 bits per heavy atom. The molecular formula is C20H19F3O5. The molecule has 8 heteroatoms. The van der Waals surface area contributed by atoms with Crippen molar-refractivity contribution in [3.05, 3.63) is 59.2 Å². The fraction of sp³-hybridized carbons (Fsp3) is 0.250. The number of ether oxygens (including phenoxy) is 4. The summed E-state index contributed by atoms with van der Waals surface area (Å²) in [4.78, 5) is 11.9. The van der Waals surface area contributed by atoms with Gasteiger partial charge in [0.05, 0.1) is 26.9 Å². The Morgan fingerprint density at radius 1 is 1.00 bits per heavy atom. The second-order valence-corrected chi connectivity index (χ2v) is 5.55. The second-order valence-electron chi connectivity index (χ2n) is 5.55. The minimum atomic E-state index is -4.52. The van der Waals surface area contributed by atoms with Crippen molar-refractivity contribution in [2.24, 2.45) is 0 Å². The SMILES string of the molecule is COc1cc(/C=C/C(=O)OCc2ccccc2C(F)(F)F)cc(OC)c1OC. The molecule has 0 atom stereocenters. The highest BCUT2D eigenvalue weighted by atomic mass is 19.4. The molecule has 0 amide bonds. The van der Waals surface area contributed by atoms with E-state index in [-0.39, 0.29) is 5.56 Å². The predicted octanol–water partition coefficient (Wildman–Crippen LogP) is 4.49. The van der Waals surface area contributed by atoms with E-state index in [9.17, 15) is 18.0 Å². The maximum absolute atomic E-state index is 13.0. The smallest absolute Gasteiger partial charge is 0.416 e. The van der Waals surface area contributed by atoms with Gasteiger partial charge in [0.25, 0.3) is 0 Å². The summed E-state index contributed by atoms with van der Waals surface area (Å²) >= 11 is 0. The number of benzene rings is 2. The van der Waals surface area contributed by atoms with Crippen molar-refractivity contribution in [2.45, 2.75) is 12.8 Å². The average molecular weight is 396 g/mol. The number of methoxy groups -OCH3 is 3. The van der Waals surface area contributed by atoms with Gasteiger partial charge < -0.3 is 18.9 Å². The standard InChI is InChI=1S/C20H19F3O5/c1-25-16-10-13(11-17(26-2)19(16)27-3)8-9-18(24)28-12-14-6-4-5-7-15(14)20(21,22)23/h4-11H,12H2,1-3H3/b9-8+. The van der Waals surface area contributed by atoms with Gasteiger partial charge in [0, 0.05) is 11.6 Å². The molecule has 0 unspecified atom stereocenters. The van der Waals surface area contributed by atoms with E-state index in [4.69, 9.17) is 18.9 Å². The summed E-state index contributed by atoms with van der Waals surface area (Å²) in [7, 11) is 4.38. The van der Waals surface area contributed by atoms with Crippen LogP contribution in [0.25, 0.3) is 6.08 Å². The maximum atomic E-state index is 13.0. The van der Waals surface area contributed by atoms with Crippen LogP contribution >= 0.6 is 0 Å². The Balaban J connectivity index is 2.11. The van der Waals surface area contributed by atoms with Crippen LogP contribution in [0.1, 0.15) is 16.7 Å². The molecule has 2 rings (SSSR count). The first-order valence-electron chi connectivity index (χ1n) is 8.10. The lowest BCUT2D eigenvalue weighted by molar-refractivity contribution is -0.143. The van der Waals surface area contributed by atoms with Crippen LogP contribution in [0.4, 0.5) is 13.2 Å². The fourth-order valence-electron chi connectivity index (χ4n) is 2.48. The third-order valence-corrected chi connectivity index (χ3v) is 3.79. The Labute approximate surface area is 160 Å². The van der Waals surface area contributed by atoms with E-state index < -0.39 is 24.3 Å². The van der Waals surface area contributed by atoms with Crippen molar-refractivity contribution in [3.63, 3.8) is 0 Å². The van der Waals surface area contributed by atoms with Gasteiger partial charge >= 0.3 is 12.1 Å². The number of carbonyl (C=O) groups excluding carboxylic acids is 1. The average Bonchev–Trinajstić information content (AvgIpc) is 2.69.